The molecule has 0 saturated heterocycles. The zero-order valence-electron chi connectivity index (χ0n) is 15.8. The molecule has 0 spiro atoms. The molecule has 3 rings (SSSR count). The molecule has 160 valence electrons. The van der Waals surface area contributed by atoms with Crippen LogP contribution in [0.3, 0.4) is 0 Å². The standard InChI is InChI=1S/C20H18F4N4O.HI/c1-25-19(26-11-14-7-8-15(21)9-17(14)20(22,23)24)27-12-16-10-18(29-28-16)13-5-3-2-4-6-13;/h2-10H,11-12H2,1H3,(H2,25,26,27);1H. The molecule has 0 radical (unpaired) electrons. The van der Waals surface area contributed by atoms with Crippen molar-refractivity contribution < 1.29 is 22.1 Å². The lowest BCUT2D eigenvalue weighted by Crippen LogP contribution is -2.36. The Kier molecular flexibility index (Phi) is 8.21. The van der Waals surface area contributed by atoms with Crippen LogP contribution in [0.15, 0.2) is 64.1 Å². The first-order valence-electron chi connectivity index (χ1n) is 8.68. The van der Waals surface area contributed by atoms with Crippen LogP contribution in [0, 0.1) is 5.82 Å². The summed E-state index contributed by atoms with van der Waals surface area (Å²) in [7, 11) is 1.49. The maximum absolute atomic E-state index is 13.2. The van der Waals surface area contributed by atoms with Gasteiger partial charge in [-0.15, -0.1) is 24.0 Å². The molecule has 3 aromatic rings. The van der Waals surface area contributed by atoms with E-state index < -0.39 is 17.6 Å². The molecule has 0 atom stereocenters. The molecule has 0 fully saturated rings. The minimum Gasteiger partial charge on any atom is -0.356 e. The van der Waals surface area contributed by atoms with E-state index in [0.29, 0.717) is 17.5 Å². The van der Waals surface area contributed by atoms with Crippen molar-refractivity contribution in [3.8, 4) is 11.3 Å². The van der Waals surface area contributed by atoms with Crippen LogP contribution in [0.5, 0.6) is 0 Å². The lowest BCUT2D eigenvalue weighted by atomic mass is 10.1. The molecular formula is C20H19F4IN4O. The van der Waals surface area contributed by atoms with E-state index >= 15 is 0 Å². The van der Waals surface area contributed by atoms with E-state index in [2.05, 4.69) is 20.8 Å². The second-order valence-corrected chi connectivity index (χ2v) is 6.13. The number of aliphatic imine (C=N–C) groups is 1. The van der Waals surface area contributed by atoms with Crippen LogP contribution in [-0.4, -0.2) is 18.2 Å². The molecule has 0 bridgehead atoms. The van der Waals surface area contributed by atoms with E-state index in [1.807, 2.05) is 30.3 Å². The fourth-order valence-electron chi connectivity index (χ4n) is 2.67. The highest BCUT2D eigenvalue weighted by Crippen LogP contribution is 2.32. The van der Waals surface area contributed by atoms with Crippen molar-refractivity contribution >= 4 is 29.9 Å². The summed E-state index contributed by atoms with van der Waals surface area (Å²) in [5, 5.41) is 9.70. The summed E-state index contributed by atoms with van der Waals surface area (Å²) in [5.74, 6) is -0.0676. The number of benzene rings is 2. The molecule has 0 unspecified atom stereocenters. The number of nitrogens with one attached hydrogen (secondary N) is 2. The predicted octanol–water partition coefficient (Wildman–Crippen LogP) is 4.98. The normalized spacial score (nSPS) is 11.7. The fourth-order valence-corrected chi connectivity index (χ4v) is 2.67. The third kappa shape index (κ3) is 6.18. The van der Waals surface area contributed by atoms with Crippen molar-refractivity contribution in [1.29, 1.82) is 0 Å². The van der Waals surface area contributed by atoms with Gasteiger partial charge in [-0.2, -0.15) is 13.2 Å². The Balaban J connectivity index is 0.00000320. The molecule has 1 aromatic heterocycles. The van der Waals surface area contributed by atoms with Gasteiger partial charge in [-0.25, -0.2) is 4.39 Å². The van der Waals surface area contributed by atoms with Gasteiger partial charge in [0.05, 0.1) is 12.1 Å². The maximum atomic E-state index is 13.2. The Morgan fingerprint density at radius 1 is 1.03 bits per heavy atom. The number of hydrogen-bond donors (Lipinski definition) is 2. The van der Waals surface area contributed by atoms with Gasteiger partial charge in [0.15, 0.2) is 11.7 Å². The Bertz CT molecular complexity index is 990. The van der Waals surface area contributed by atoms with Gasteiger partial charge in [-0.05, 0) is 17.7 Å². The second-order valence-electron chi connectivity index (χ2n) is 6.13. The highest BCUT2D eigenvalue weighted by Gasteiger charge is 2.33. The largest absolute Gasteiger partial charge is 0.416 e. The van der Waals surface area contributed by atoms with E-state index in [9.17, 15) is 17.6 Å². The van der Waals surface area contributed by atoms with E-state index in [0.717, 1.165) is 17.7 Å². The van der Waals surface area contributed by atoms with Crippen LogP contribution in [0.2, 0.25) is 0 Å². The minimum absolute atomic E-state index is 0. The predicted molar refractivity (Wildman–Crippen MR) is 116 cm³/mol. The zero-order valence-corrected chi connectivity index (χ0v) is 18.2. The molecule has 1 heterocycles. The van der Waals surface area contributed by atoms with Crippen LogP contribution >= 0.6 is 24.0 Å². The van der Waals surface area contributed by atoms with Gasteiger partial charge in [-0.1, -0.05) is 41.6 Å². The minimum atomic E-state index is -4.65. The number of guanidine groups is 1. The van der Waals surface area contributed by atoms with E-state index in [1.165, 1.54) is 7.05 Å². The SMILES string of the molecule is CN=C(NCc1cc(-c2ccccc2)on1)NCc1ccc(F)cc1C(F)(F)F.I. The van der Waals surface area contributed by atoms with Crippen molar-refractivity contribution in [2.75, 3.05) is 7.05 Å². The van der Waals surface area contributed by atoms with Crippen molar-refractivity contribution in [3.63, 3.8) is 0 Å². The molecule has 0 aliphatic heterocycles. The first-order valence-corrected chi connectivity index (χ1v) is 8.68. The zero-order chi connectivity index (χ0) is 20.9. The van der Waals surface area contributed by atoms with Crippen molar-refractivity contribution in [3.05, 3.63) is 77.2 Å². The second kappa shape index (κ2) is 10.4. The lowest BCUT2D eigenvalue weighted by molar-refractivity contribution is -0.138. The quantitative estimate of drug-likeness (QED) is 0.210. The summed E-state index contributed by atoms with van der Waals surface area (Å²) in [6.07, 6.45) is -4.65. The highest BCUT2D eigenvalue weighted by molar-refractivity contribution is 14.0. The van der Waals surface area contributed by atoms with Crippen LogP contribution in [-0.2, 0) is 19.3 Å². The molecule has 0 aliphatic rings. The van der Waals surface area contributed by atoms with Crippen LogP contribution in [0.25, 0.3) is 11.3 Å². The summed E-state index contributed by atoms with van der Waals surface area (Å²) in [6, 6.07) is 13.8. The Morgan fingerprint density at radius 2 is 1.73 bits per heavy atom. The van der Waals surface area contributed by atoms with E-state index in [1.54, 1.807) is 6.07 Å². The molecule has 0 amide bonds. The van der Waals surface area contributed by atoms with Crippen molar-refractivity contribution in [1.82, 2.24) is 15.8 Å². The molecule has 2 N–H and O–H groups in total. The number of halogens is 5. The van der Waals surface area contributed by atoms with Gasteiger partial charge in [0.1, 0.15) is 11.5 Å². The molecule has 2 aromatic carbocycles. The fraction of sp³-hybridized carbons (Fsp3) is 0.200. The Labute approximate surface area is 187 Å². The van der Waals surface area contributed by atoms with E-state index in [-0.39, 0.29) is 48.6 Å². The van der Waals surface area contributed by atoms with E-state index in [4.69, 9.17) is 4.52 Å². The lowest BCUT2D eigenvalue weighted by Gasteiger charge is -2.15. The van der Waals surface area contributed by atoms with Gasteiger partial charge in [0, 0.05) is 25.2 Å². The molecule has 5 nitrogen and oxygen atoms in total. The molecule has 10 heteroatoms. The van der Waals surface area contributed by atoms with Crippen LogP contribution in [0.1, 0.15) is 16.8 Å². The topological polar surface area (TPSA) is 62.5 Å². The average molecular weight is 534 g/mol. The summed E-state index contributed by atoms with van der Waals surface area (Å²) < 4.78 is 57.8. The summed E-state index contributed by atoms with van der Waals surface area (Å²) in [6.45, 7) is 0.0778. The van der Waals surface area contributed by atoms with Crippen molar-refractivity contribution in [2.45, 2.75) is 19.3 Å². The first kappa shape index (κ1) is 23.6. The van der Waals surface area contributed by atoms with Gasteiger partial charge < -0.3 is 15.2 Å². The van der Waals surface area contributed by atoms with Crippen LogP contribution < -0.4 is 10.6 Å². The Hall–Kier alpha value is -2.63. The molecule has 0 aliphatic carbocycles. The van der Waals surface area contributed by atoms with Crippen molar-refractivity contribution in [2.24, 2.45) is 4.99 Å². The van der Waals surface area contributed by atoms with Gasteiger partial charge in [0.25, 0.3) is 0 Å². The van der Waals surface area contributed by atoms with Gasteiger partial charge in [0.2, 0.25) is 0 Å². The first-order chi connectivity index (χ1) is 13.9. The van der Waals surface area contributed by atoms with Gasteiger partial charge in [-0.3, -0.25) is 4.99 Å². The van der Waals surface area contributed by atoms with Crippen LogP contribution in [0.4, 0.5) is 17.6 Å². The number of alkyl halides is 3. The summed E-state index contributed by atoms with van der Waals surface area (Å²) in [4.78, 5) is 3.97. The maximum Gasteiger partial charge on any atom is 0.416 e. The molecule has 0 saturated carbocycles. The number of hydrogen-bond acceptors (Lipinski definition) is 3. The van der Waals surface area contributed by atoms with Gasteiger partial charge >= 0.3 is 6.18 Å². The number of rotatable bonds is 5. The average Bonchev–Trinajstić information content (AvgIpc) is 3.18. The summed E-state index contributed by atoms with van der Waals surface area (Å²) in [5.41, 5.74) is 0.369. The third-order valence-corrected chi connectivity index (χ3v) is 4.10. The Morgan fingerprint density at radius 3 is 2.40 bits per heavy atom. The summed E-state index contributed by atoms with van der Waals surface area (Å²) >= 11 is 0. The number of nitrogens with zero attached hydrogens (tertiary/aromatic N) is 2. The third-order valence-electron chi connectivity index (χ3n) is 4.10. The molecular weight excluding hydrogens is 515 g/mol. The number of aromatic nitrogens is 1. The highest BCUT2D eigenvalue weighted by atomic mass is 127. The molecule has 30 heavy (non-hydrogen) atoms. The smallest absolute Gasteiger partial charge is 0.356 e. The monoisotopic (exact) mass is 534 g/mol.